The maximum absolute atomic E-state index is 13.8. The average molecular weight is 758 g/mol. The van der Waals surface area contributed by atoms with E-state index in [9.17, 15) is 24.4 Å². The minimum absolute atomic E-state index is 0.133. The molecule has 1 unspecified atom stereocenters. The van der Waals surface area contributed by atoms with Crippen LogP contribution in [0.15, 0.2) is 102 Å². The highest BCUT2D eigenvalue weighted by molar-refractivity contribution is 8.00. The van der Waals surface area contributed by atoms with Gasteiger partial charge in [-0.15, -0.1) is 0 Å². The zero-order chi connectivity index (χ0) is 39.1. The number of rotatable bonds is 14. The van der Waals surface area contributed by atoms with Gasteiger partial charge in [0, 0.05) is 23.1 Å². The lowest BCUT2D eigenvalue weighted by Crippen LogP contribution is -2.31. The van der Waals surface area contributed by atoms with E-state index in [2.05, 4.69) is 6.07 Å². The number of hydrogen-bond donors (Lipinski definition) is 0. The number of benzene rings is 4. The van der Waals surface area contributed by atoms with Crippen LogP contribution < -0.4 is 23.8 Å². The first-order valence-corrected chi connectivity index (χ1v) is 17.9. The number of ketones is 1. The van der Waals surface area contributed by atoms with Gasteiger partial charge in [0.05, 0.1) is 55.7 Å². The topological polar surface area (TPSA) is 154 Å². The number of anilines is 1. The Morgan fingerprint density at radius 1 is 0.855 bits per heavy atom. The van der Waals surface area contributed by atoms with Gasteiger partial charge in [-0.2, -0.15) is 5.26 Å². The number of nitriles is 1. The van der Waals surface area contributed by atoms with Crippen LogP contribution >= 0.6 is 11.8 Å². The van der Waals surface area contributed by atoms with E-state index >= 15 is 0 Å². The summed E-state index contributed by atoms with van der Waals surface area (Å²) in [6, 6.07) is 29.2. The Morgan fingerprint density at radius 2 is 1.51 bits per heavy atom. The van der Waals surface area contributed by atoms with Gasteiger partial charge in [0.1, 0.15) is 16.8 Å². The quantitative estimate of drug-likeness (QED) is 0.0641. The Bertz CT molecular complexity index is 2260. The molecule has 1 saturated heterocycles. The summed E-state index contributed by atoms with van der Waals surface area (Å²) in [5.41, 5.74) is 3.36. The van der Waals surface area contributed by atoms with Gasteiger partial charge in [0.25, 0.3) is 0 Å². The van der Waals surface area contributed by atoms with Gasteiger partial charge in [-0.3, -0.25) is 14.4 Å². The van der Waals surface area contributed by atoms with Gasteiger partial charge < -0.3 is 23.7 Å². The first-order valence-electron chi connectivity index (χ1n) is 17.1. The van der Waals surface area contributed by atoms with Gasteiger partial charge in [0.15, 0.2) is 23.9 Å². The number of ether oxygens (including phenoxy) is 5. The number of amides is 2. The number of Topliss-reactive ketones (excluding diaryl/α,β-unsaturated/α-hetero) is 1. The molecule has 1 aliphatic heterocycles. The molecule has 1 aliphatic rings. The molecule has 5 aromatic rings. The standard InChI is InChI=1S/C42H35N3O9S/c1-5-53-30-17-13-26(14-18-30)34(46)24-54-42(49)27-11-15-29(16-12-27)45-38(47)22-37(41(45)48)55-40-32(23-43)31(21-33(44-40)25-9-7-6-8-10-25)28-19-35(50-2)39(52-4)36(20-28)51-3/h6-21,37H,5,22,24H2,1-4H3. The van der Waals surface area contributed by atoms with Gasteiger partial charge in [-0.25, -0.2) is 14.7 Å². The summed E-state index contributed by atoms with van der Waals surface area (Å²) in [5.74, 6) is -0.307. The SMILES string of the molecule is CCOc1ccc(C(=O)COC(=O)c2ccc(N3C(=O)CC(Sc4nc(-c5ccccc5)cc(-c5cc(OC)c(OC)c(OC)c5)c4C#N)C3=O)cc2)cc1. The molecule has 2 heterocycles. The van der Waals surface area contributed by atoms with E-state index in [0.717, 1.165) is 22.2 Å². The highest BCUT2D eigenvalue weighted by Crippen LogP contribution is 2.44. The second-order valence-corrected chi connectivity index (χ2v) is 13.2. The van der Waals surface area contributed by atoms with Crippen molar-refractivity contribution in [2.45, 2.75) is 23.6 Å². The third-order valence-electron chi connectivity index (χ3n) is 8.69. The molecule has 1 aromatic heterocycles. The minimum Gasteiger partial charge on any atom is -0.494 e. The Morgan fingerprint density at radius 3 is 2.11 bits per heavy atom. The second kappa shape index (κ2) is 17.0. The molecule has 0 spiro atoms. The van der Waals surface area contributed by atoms with Crippen LogP contribution in [0.2, 0.25) is 0 Å². The van der Waals surface area contributed by atoms with Crippen molar-refractivity contribution in [1.29, 1.82) is 5.26 Å². The average Bonchev–Trinajstić information content (AvgIpc) is 3.50. The van der Waals surface area contributed by atoms with Crippen LogP contribution in [0.5, 0.6) is 23.0 Å². The van der Waals surface area contributed by atoms with Crippen LogP contribution in [-0.2, 0) is 14.3 Å². The predicted molar refractivity (Wildman–Crippen MR) is 205 cm³/mol. The number of carbonyl (C=O) groups excluding carboxylic acids is 4. The van der Waals surface area contributed by atoms with Crippen molar-refractivity contribution >= 4 is 41.0 Å². The molecule has 0 bridgehead atoms. The molecule has 6 rings (SSSR count). The van der Waals surface area contributed by atoms with Crippen LogP contribution in [0.1, 0.15) is 39.6 Å². The molecule has 55 heavy (non-hydrogen) atoms. The third kappa shape index (κ3) is 8.14. The molecule has 0 saturated carbocycles. The van der Waals surface area contributed by atoms with Crippen molar-refractivity contribution in [3.8, 4) is 51.5 Å². The zero-order valence-corrected chi connectivity index (χ0v) is 31.2. The monoisotopic (exact) mass is 757 g/mol. The van der Waals surface area contributed by atoms with E-state index in [1.807, 2.05) is 37.3 Å². The normalized spacial score (nSPS) is 13.6. The number of nitrogens with zero attached hydrogens (tertiary/aromatic N) is 3. The van der Waals surface area contributed by atoms with Crippen molar-refractivity contribution in [3.05, 3.63) is 114 Å². The molecule has 13 heteroatoms. The zero-order valence-electron chi connectivity index (χ0n) is 30.4. The van der Waals surface area contributed by atoms with E-state index < -0.39 is 29.6 Å². The fourth-order valence-electron chi connectivity index (χ4n) is 5.99. The maximum Gasteiger partial charge on any atom is 0.338 e. The lowest BCUT2D eigenvalue weighted by atomic mass is 9.98. The Labute approximate surface area is 321 Å². The first kappa shape index (κ1) is 38.1. The number of hydrogen-bond acceptors (Lipinski definition) is 12. The molecule has 0 radical (unpaired) electrons. The van der Waals surface area contributed by atoms with Gasteiger partial charge in [0.2, 0.25) is 17.6 Å². The summed E-state index contributed by atoms with van der Waals surface area (Å²) in [6.45, 7) is 1.88. The number of carbonyl (C=O) groups is 4. The van der Waals surface area contributed by atoms with Gasteiger partial charge in [-0.1, -0.05) is 42.1 Å². The fourth-order valence-corrected chi connectivity index (χ4v) is 7.11. The van der Waals surface area contributed by atoms with Crippen LogP contribution in [0, 0.1) is 11.3 Å². The molecule has 4 aromatic carbocycles. The van der Waals surface area contributed by atoms with Gasteiger partial charge in [-0.05, 0) is 79.2 Å². The Balaban J connectivity index is 1.23. The van der Waals surface area contributed by atoms with E-state index in [4.69, 9.17) is 28.7 Å². The summed E-state index contributed by atoms with van der Waals surface area (Å²) in [6.07, 6.45) is -0.150. The number of thioether (sulfide) groups is 1. The molecule has 0 aliphatic carbocycles. The Kier molecular flexibility index (Phi) is 11.8. The number of esters is 1. The van der Waals surface area contributed by atoms with Crippen LogP contribution in [0.25, 0.3) is 22.4 Å². The van der Waals surface area contributed by atoms with Crippen molar-refractivity contribution in [1.82, 2.24) is 4.98 Å². The number of methoxy groups -OCH3 is 3. The minimum atomic E-state index is -0.899. The summed E-state index contributed by atoms with van der Waals surface area (Å²) in [5, 5.41) is 9.87. The lowest BCUT2D eigenvalue weighted by Gasteiger charge is -2.18. The highest BCUT2D eigenvalue weighted by atomic mass is 32.2. The van der Waals surface area contributed by atoms with Crippen molar-refractivity contribution in [3.63, 3.8) is 0 Å². The second-order valence-electron chi connectivity index (χ2n) is 12.0. The summed E-state index contributed by atoms with van der Waals surface area (Å²) < 4.78 is 27.3. The molecule has 12 nitrogen and oxygen atoms in total. The van der Waals surface area contributed by atoms with Crippen LogP contribution in [0.4, 0.5) is 5.69 Å². The summed E-state index contributed by atoms with van der Waals surface area (Å²) in [4.78, 5) is 58.4. The molecule has 0 N–H and O–H groups in total. The van der Waals surface area contributed by atoms with Crippen molar-refractivity contribution in [2.75, 3.05) is 39.4 Å². The Hall–Kier alpha value is -6.65. The molecule has 2 amide bonds. The van der Waals surface area contributed by atoms with E-state index in [1.54, 1.807) is 42.5 Å². The first-order chi connectivity index (χ1) is 26.7. The molecule has 1 fully saturated rings. The van der Waals surface area contributed by atoms with Crippen LogP contribution in [0.3, 0.4) is 0 Å². The summed E-state index contributed by atoms with van der Waals surface area (Å²) >= 11 is 1.03. The number of imide groups is 1. The number of pyridine rings is 1. The summed E-state index contributed by atoms with van der Waals surface area (Å²) in [7, 11) is 4.49. The maximum atomic E-state index is 13.8. The highest BCUT2D eigenvalue weighted by Gasteiger charge is 2.41. The van der Waals surface area contributed by atoms with E-state index in [0.29, 0.717) is 52.0 Å². The van der Waals surface area contributed by atoms with Crippen LogP contribution in [-0.4, -0.2) is 68.3 Å². The lowest BCUT2D eigenvalue weighted by molar-refractivity contribution is -0.121. The van der Waals surface area contributed by atoms with E-state index in [-0.39, 0.29) is 34.0 Å². The molecule has 1 atom stereocenters. The predicted octanol–water partition coefficient (Wildman–Crippen LogP) is 7.18. The van der Waals surface area contributed by atoms with Gasteiger partial charge >= 0.3 is 5.97 Å². The van der Waals surface area contributed by atoms with Crippen molar-refractivity contribution < 1.29 is 42.9 Å². The molecular formula is C42H35N3O9S. The largest absolute Gasteiger partial charge is 0.494 e. The van der Waals surface area contributed by atoms with Crippen molar-refractivity contribution in [2.24, 2.45) is 0 Å². The smallest absolute Gasteiger partial charge is 0.338 e. The molecular weight excluding hydrogens is 723 g/mol. The molecule has 278 valence electrons. The van der Waals surface area contributed by atoms with E-state index in [1.165, 1.54) is 45.6 Å². The number of aromatic nitrogens is 1. The third-order valence-corrected chi connectivity index (χ3v) is 9.86. The fraction of sp³-hybridized carbons (Fsp3) is 0.190.